The number of carbonyl (C=O) groups is 4. The minimum absolute atomic E-state index is 0.0744. The highest BCUT2D eigenvalue weighted by Crippen LogP contribution is 2.32. The van der Waals surface area contributed by atoms with Crippen molar-refractivity contribution in [3.05, 3.63) is 0 Å². The van der Waals surface area contributed by atoms with Crippen LogP contribution in [0.1, 0.15) is 46.5 Å². The molecule has 3 atom stereocenters. The third kappa shape index (κ3) is 6.72. The molecule has 2 rings (SSSR count). The van der Waals surface area contributed by atoms with Crippen LogP contribution in [0.3, 0.4) is 0 Å². The Morgan fingerprint density at radius 3 is 2.27 bits per heavy atom. The van der Waals surface area contributed by atoms with Gasteiger partial charge in [-0.2, -0.15) is 0 Å². The van der Waals surface area contributed by atoms with E-state index < -0.39 is 36.0 Å². The first-order chi connectivity index (χ1) is 15.6. The van der Waals surface area contributed by atoms with Gasteiger partial charge >= 0.3 is 18.1 Å². The molecule has 0 radical (unpaired) electrons. The van der Waals surface area contributed by atoms with Gasteiger partial charge in [-0.1, -0.05) is 20.8 Å². The molecule has 12 nitrogen and oxygen atoms in total. The number of aliphatic carboxylic acids is 1. The summed E-state index contributed by atoms with van der Waals surface area (Å²) in [7, 11) is 0. The van der Waals surface area contributed by atoms with E-state index in [-0.39, 0.29) is 51.2 Å². The van der Waals surface area contributed by atoms with Crippen molar-refractivity contribution in [2.24, 2.45) is 28.3 Å². The topological polar surface area (TPSA) is 172 Å². The number of aliphatic imine (C=N–C) groups is 1. The molecule has 5 N–H and O–H groups in total. The fourth-order valence-electron chi connectivity index (χ4n) is 4.12. The molecule has 0 saturated carbocycles. The molecule has 0 aromatic carbocycles. The van der Waals surface area contributed by atoms with Crippen LogP contribution in [-0.4, -0.2) is 94.6 Å². The number of nitrogens with zero attached hydrogens (tertiary/aromatic N) is 4. The van der Waals surface area contributed by atoms with Gasteiger partial charge in [-0.05, 0) is 31.6 Å². The monoisotopic (exact) mass is 468 g/mol. The van der Waals surface area contributed by atoms with Crippen molar-refractivity contribution < 1.29 is 29.0 Å². The first kappa shape index (κ1) is 26.2. The van der Waals surface area contributed by atoms with Gasteiger partial charge in [0.2, 0.25) is 5.91 Å². The summed E-state index contributed by atoms with van der Waals surface area (Å²) in [5.41, 5.74) is 10.5. The minimum atomic E-state index is -1.23. The number of carboxylic acids is 1. The summed E-state index contributed by atoms with van der Waals surface area (Å²) in [5.74, 6) is -2.20. The van der Waals surface area contributed by atoms with Gasteiger partial charge in [0, 0.05) is 32.7 Å². The molecule has 2 aliphatic rings. The number of piperazine rings is 1. The molecule has 4 amide bonds. The third-order valence-electron chi connectivity index (χ3n) is 5.91. The smallest absolute Gasteiger partial charge is 0.410 e. The highest BCUT2D eigenvalue weighted by molar-refractivity contribution is 6.07. The molecule has 2 fully saturated rings. The molecule has 0 aromatic heterocycles. The lowest BCUT2D eigenvalue weighted by Crippen LogP contribution is -2.69. The number of nitrogens with two attached hydrogens (primary N) is 2. The molecule has 33 heavy (non-hydrogen) atoms. The maximum atomic E-state index is 12.9. The van der Waals surface area contributed by atoms with Gasteiger partial charge in [0.1, 0.15) is 6.10 Å². The molecular formula is C21H36N6O6. The number of guanidine groups is 1. The van der Waals surface area contributed by atoms with Gasteiger partial charge in [0.15, 0.2) is 12.0 Å². The number of carbonyl (C=O) groups excluding carboxylic acids is 3. The Morgan fingerprint density at radius 1 is 1.15 bits per heavy atom. The molecule has 2 aliphatic heterocycles. The number of ether oxygens (including phenoxy) is 1. The Morgan fingerprint density at radius 2 is 1.76 bits per heavy atom. The van der Waals surface area contributed by atoms with Crippen molar-refractivity contribution >= 4 is 30.0 Å². The van der Waals surface area contributed by atoms with E-state index >= 15 is 0 Å². The normalized spacial score (nSPS) is 21.5. The molecular weight excluding hydrogens is 432 g/mol. The lowest BCUT2D eigenvalue weighted by Gasteiger charge is -2.46. The SMILES string of the molecule is CCC(CC(C)C)OC(=O)N1CCN(C(=O)N2C(=O)C(CCCN=C(N)N)C2C(=O)O)CC1. The van der Waals surface area contributed by atoms with Crippen molar-refractivity contribution in [2.45, 2.75) is 58.6 Å². The fraction of sp³-hybridized carbons (Fsp3) is 0.762. The molecule has 2 saturated heterocycles. The first-order valence-corrected chi connectivity index (χ1v) is 11.4. The summed E-state index contributed by atoms with van der Waals surface area (Å²) < 4.78 is 5.58. The number of imide groups is 1. The molecule has 0 spiro atoms. The van der Waals surface area contributed by atoms with E-state index in [0.717, 1.165) is 17.7 Å². The van der Waals surface area contributed by atoms with Crippen LogP contribution in [0.15, 0.2) is 4.99 Å². The average molecular weight is 469 g/mol. The van der Waals surface area contributed by atoms with Crippen LogP contribution >= 0.6 is 0 Å². The van der Waals surface area contributed by atoms with Gasteiger partial charge in [0.25, 0.3) is 0 Å². The Labute approximate surface area is 193 Å². The summed E-state index contributed by atoms with van der Waals surface area (Å²) in [4.78, 5) is 57.2. The van der Waals surface area contributed by atoms with E-state index in [4.69, 9.17) is 16.2 Å². The predicted molar refractivity (Wildman–Crippen MR) is 120 cm³/mol. The van der Waals surface area contributed by atoms with Crippen molar-refractivity contribution in [2.75, 3.05) is 32.7 Å². The van der Waals surface area contributed by atoms with Crippen LogP contribution in [0, 0.1) is 11.8 Å². The van der Waals surface area contributed by atoms with Crippen LogP contribution in [0.2, 0.25) is 0 Å². The van der Waals surface area contributed by atoms with Gasteiger partial charge in [-0.15, -0.1) is 0 Å². The number of hydrogen-bond acceptors (Lipinski definition) is 6. The van der Waals surface area contributed by atoms with E-state index in [2.05, 4.69) is 18.8 Å². The largest absolute Gasteiger partial charge is 0.480 e. The molecule has 0 aromatic rings. The minimum Gasteiger partial charge on any atom is -0.480 e. The quantitative estimate of drug-likeness (QED) is 0.191. The molecule has 186 valence electrons. The fourth-order valence-corrected chi connectivity index (χ4v) is 4.12. The number of hydrogen-bond donors (Lipinski definition) is 3. The summed E-state index contributed by atoms with van der Waals surface area (Å²) in [5, 5.41) is 9.57. The van der Waals surface area contributed by atoms with Gasteiger partial charge in [-0.3, -0.25) is 9.79 Å². The maximum absolute atomic E-state index is 12.9. The average Bonchev–Trinajstić information content (AvgIpc) is 2.75. The maximum Gasteiger partial charge on any atom is 0.410 e. The zero-order chi connectivity index (χ0) is 24.7. The van der Waals surface area contributed by atoms with Crippen LogP contribution in [-0.2, 0) is 14.3 Å². The standard InChI is InChI=1S/C21H36N6O6/c1-4-14(12-13(2)3)33-21(32)26-10-8-25(9-11-26)20(31)27-16(18(29)30)15(17(27)28)6-5-7-24-19(22)23/h13-16H,4-12H2,1-3H3,(H,29,30)(H4,22,23,24). The van der Waals surface area contributed by atoms with Gasteiger partial charge in [0.05, 0.1) is 5.92 Å². The highest BCUT2D eigenvalue weighted by atomic mass is 16.6. The second kappa shape index (κ2) is 11.7. The number of rotatable bonds is 9. The number of likely N-dealkylation sites (tertiary alicyclic amines) is 1. The lowest BCUT2D eigenvalue weighted by atomic mass is 9.84. The zero-order valence-corrected chi connectivity index (χ0v) is 19.6. The molecule has 0 bridgehead atoms. The summed E-state index contributed by atoms with van der Waals surface area (Å²) in [6.07, 6.45) is 1.63. The summed E-state index contributed by atoms with van der Waals surface area (Å²) >= 11 is 0. The van der Waals surface area contributed by atoms with E-state index in [1.54, 1.807) is 0 Å². The van der Waals surface area contributed by atoms with E-state index in [9.17, 15) is 24.3 Å². The van der Waals surface area contributed by atoms with Crippen LogP contribution in [0.5, 0.6) is 0 Å². The number of amides is 4. The number of carboxylic acid groups (broad SMARTS) is 1. The van der Waals surface area contributed by atoms with Gasteiger partial charge < -0.3 is 31.1 Å². The molecule has 12 heteroatoms. The summed E-state index contributed by atoms with van der Waals surface area (Å²) in [6, 6.07) is -1.86. The first-order valence-electron chi connectivity index (χ1n) is 11.4. The van der Waals surface area contributed by atoms with Crippen molar-refractivity contribution in [3.8, 4) is 0 Å². The van der Waals surface area contributed by atoms with Crippen LogP contribution in [0.4, 0.5) is 9.59 Å². The second-order valence-corrected chi connectivity index (χ2v) is 8.85. The Bertz CT molecular complexity index is 760. The van der Waals surface area contributed by atoms with Crippen LogP contribution in [0.25, 0.3) is 0 Å². The van der Waals surface area contributed by atoms with E-state index in [0.29, 0.717) is 12.3 Å². The molecule has 0 aliphatic carbocycles. The van der Waals surface area contributed by atoms with Gasteiger partial charge in [-0.25, -0.2) is 19.3 Å². The van der Waals surface area contributed by atoms with E-state index in [1.165, 1.54) is 9.80 Å². The predicted octanol–water partition coefficient (Wildman–Crippen LogP) is 0.651. The van der Waals surface area contributed by atoms with Crippen molar-refractivity contribution in [1.29, 1.82) is 0 Å². The molecule has 2 heterocycles. The van der Waals surface area contributed by atoms with Crippen molar-refractivity contribution in [1.82, 2.24) is 14.7 Å². The highest BCUT2D eigenvalue weighted by Gasteiger charge is 2.55. The van der Waals surface area contributed by atoms with E-state index in [1.807, 2.05) is 6.92 Å². The third-order valence-corrected chi connectivity index (χ3v) is 5.91. The number of β-lactam (4-membered cyclic amide) rings is 1. The second-order valence-electron chi connectivity index (χ2n) is 8.85. The lowest BCUT2D eigenvalue weighted by molar-refractivity contribution is -0.167. The van der Waals surface area contributed by atoms with Crippen LogP contribution < -0.4 is 11.5 Å². The zero-order valence-electron chi connectivity index (χ0n) is 19.6. The summed E-state index contributed by atoms with van der Waals surface area (Å²) in [6.45, 7) is 7.28. The van der Waals surface area contributed by atoms with Crippen molar-refractivity contribution in [3.63, 3.8) is 0 Å². The Hall–Kier alpha value is -3.05. The molecule has 3 unspecified atom stereocenters. The Kier molecular flexibility index (Phi) is 9.30. The number of urea groups is 1. The Balaban J connectivity index is 1.89.